The fourth-order valence-electron chi connectivity index (χ4n) is 2.79. The molecule has 0 saturated heterocycles. The number of aryl methyl sites for hydroxylation is 2. The van der Waals surface area contributed by atoms with Gasteiger partial charge in [-0.05, 0) is 37.1 Å². The molecule has 110 valence electrons. The number of aromatic nitrogens is 1. The molecule has 2 nitrogen and oxygen atoms in total. The fourth-order valence-corrected chi connectivity index (χ4v) is 3.88. The lowest BCUT2D eigenvalue weighted by atomic mass is 10.1. The maximum Gasteiger partial charge on any atom is 0.0931 e. The quantitative estimate of drug-likeness (QED) is 0.684. The van der Waals surface area contributed by atoms with E-state index in [0.29, 0.717) is 0 Å². The largest absolute Gasteiger partial charge is 0.346 e. The molecule has 0 amide bonds. The van der Waals surface area contributed by atoms with Crippen LogP contribution in [0.4, 0.5) is 0 Å². The molecule has 0 spiro atoms. The minimum Gasteiger partial charge on any atom is -0.346 e. The van der Waals surface area contributed by atoms with E-state index >= 15 is 0 Å². The van der Waals surface area contributed by atoms with Gasteiger partial charge in [0, 0.05) is 41.6 Å². The highest BCUT2D eigenvalue weighted by Crippen LogP contribution is 2.24. The summed E-state index contributed by atoms with van der Waals surface area (Å²) in [4.78, 5) is 1.33. The van der Waals surface area contributed by atoms with Crippen molar-refractivity contribution in [3.63, 3.8) is 0 Å². The maximum atomic E-state index is 5.95. The van der Waals surface area contributed by atoms with Crippen molar-refractivity contribution < 1.29 is 0 Å². The Labute approximate surface area is 134 Å². The lowest BCUT2D eigenvalue weighted by molar-refractivity contribution is 0.656. The zero-order valence-corrected chi connectivity index (χ0v) is 13.9. The first-order valence-corrected chi connectivity index (χ1v) is 8.34. The van der Waals surface area contributed by atoms with Crippen molar-refractivity contribution in [2.75, 3.05) is 6.54 Å². The molecule has 0 fully saturated rings. The zero-order chi connectivity index (χ0) is 14.8. The molecule has 0 aliphatic rings. The predicted molar refractivity (Wildman–Crippen MR) is 92.4 cm³/mol. The van der Waals surface area contributed by atoms with Gasteiger partial charge in [-0.3, -0.25) is 0 Å². The van der Waals surface area contributed by atoms with Crippen LogP contribution in [0.15, 0.2) is 36.4 Å². The summed E-state index contributed by atoms with van der Waals surface area (Å²) in [6, 6.07) is 12.7. The van der Waals surface area contributed by atoms with Gasteiger partial charge in [-0.15, -0.1) is 11.3 Å². The van der Waals surface area contributed by atoms with Gasteiger partial charge in [-0.2, -0.15) is 0 Å². The Morgan fingerprint density at radius 1 is 1.19 bits per heavy atom. The Bertz CT molecular complexity index is 718. The van der Waals surface area contributed by atoms with Gasteiger partial charge in [0.2, 0.25) is 0 Å². The van der Waals surface area contributed by atoms with Crippen molar-refractivity contribution in [3.8, 4) is 0 Å². The van der Waals surface area contributed by atoms with Crippen LogP contribution in [0.2, 0.25) is 4.34 Å². The van der Waals surface area contributed by atoms with Gasteiger partial charge in [0.25, 0.3) is 0 Å². The summed E-state index contributed by atoms with van der Waals surface area (Å²) in [5, 5.41) is 4.89. The van der Waals surface area contributed by atoms with Crippen LogP contribution in [0, 0.1) is 6.92 Å². The molecule has 2 heterocycles. The second kappa shape index (κ2) is 6.22. The van der Waals surface area contributed by atoms with Crippen molar-refractivity contribution in [1.82, 2.24) is 9.88 Å². The Morgan fingerprint density at radius 3 is 2.71 bits per heavy atom. The van der Waals surface area contributed by atoms with E-state index in [-0.39, 0.29) is 0 Å². The molecule has 1 aromatic carbocycles. The highest BCUT2D eigenvalue weighted by molar-refractivity contribution is 7.16. The van der Waals surface area contributed by atoms with Crippen molar-refractivity contribution >= 4 is 33.8 Å². The average molecular weight is 319 g/mol. The third-order valence-corrected chi connectivity index (χ3v) is 5.27. The Balaban J connectivity index is 1.65. The molecule has 2 aromatic heterocycles. The lowest BCUT2D eigenvalue weighted by Gasteiger charge is -2.07. The molecule has 0 bridgehead atoms. The summed E-state index contributed by atoms with van der Waals surface area (Å²) in [7, 11) is 2.14. The first kappa shape index (κ1) is 14.6. The summed E-state index contributed by atoms with van der Waals surface area (Å²) in [6.07, 6.45) is 1.03. The van der Waals surface area contributed by atoms with Crippen LogP contribution in [0.25, 0.3) is 10.9 Å². The van der Waals surface area contributed by atoms with E-state index in [1.807, 2.05) is 6.07 Å². The molecule has 3 rings (SSSR count). The molecular weight excluding hydrogens is 300 g/mol. The number of nitrogens with one attached hydrogen (secondary N) is 1. The summed E-state index contributed by atoms with van der Waals surface area (Å²) >= 11 is 7.61. The van der Waals surface area contributed by atoms with Gasteiger partial charge in [0.05, 0.1) is 4.34 Å². The van der Waals surface area contributed by atoms with E-state index in [0.717, 1.165) is 23.8 Å². The van der Waals surface area contributed by atoms with Crippen molar-refractivity contribution in [2.24, 2.45) is 7.05 Å². The normalized spacial score (nSPS) is 11.4. The lowest BCUT2D eigenvalue weighted by Crippen LogP contribution is -2.18. The first-order chi connectivity index (χ1) is 10.2. The molecule has 0 atom stereocenters. The molecule has 0 radical (unpaired) electrons. The smallest absolute Gasteiger partial charge is 0.0931 e. The third-order valence-electron chi connectivity index (χ3n) is 3.98. The molecule has 0 aliphatic heterocycles. The van der Waals surface area contributed by atoms with Gasteiger partial charge in [-0.25, -0.2) is 0 Å². The molecular formula is C17H19ClN2S. The van der Waals surface area contributed by atoms with E-state index in [1.165, 1.54) is 27.0 Å². The van der Waals surface area contributed by atoms with Crippen molar-refractivity contribution in [2.45, 2.75) is 19.9 Å². The van der Waals surface area contributed by atoms with Gasteiger partial charge in [0.1, 0.15) is 0 Å². The van der Waals surface area contributed by atoms with E-state index in [1.54, 1.807) is 11.3 Å². The monoisotopic (exact) mass is 318 g/mol. The van der Waals surface area contributed by atoms with Crippen LogP contribution in [-0.2, 0) is 20.0 Å². The first-order valence-electron chi connectivity index (χ1n) is 7.14. The van der Waals surface area contributed by atoms with E-state index in [2.05, 4.69) is 54.2 Å². The number of hydrogen-bond donors (Lipinski definition) is 1. The second-order valence-electron chi connectivity index (χ2n) is 5.28. The van der Waals surface area contributed by atoms with Crippen LogP contribution in [0.1, 0.15) is 16.1 Å². The van der Waals surface area contributed by atoms with E-state index in [4.69, 9.17) is 11.6 Å². The van der Waals surface area contributed by atoms with E-state index < -0.39 is 0 Å². The van der Waals surface area contributed by atoms with Crippen LogP contribution in [0.5, 0.6) is 0 Å². The molecule has 1 N–H and O–H groups in total. The number of rotatable bonds is 5. The zero-order valence-electron chi connectivity index (χ0n) is 12.3. The van der Waals surface area contributed by atoms with Crippen LogP contribution in [0.3, 0.4) is 0 Å². The Kier molecular flexibility index (Phi) is 4.34. The number of fused-ring (bicyclic) bond motifs is 1. The summed E-state index contributed by atoms with van der Waals surface area (Å²) in [5.41, 5.74) is 4.04. The molecule has 0 unspecified atom stereocenters. The van der Waals surface area contributed by atoms with Crippen molar-refractivity contribution in [1.29, 1.82) is 0 Å². The Hall–Kier alpha value is -1.29. The highest BCUT2D eigenvalue weighted by Gasteiger charge is 2.10. The van der Waals surface area contributed by atoms with Crippen LogP contribution < -0.4 is 5.32 Å². The highest BCUT2D eigenvalue weighted by atomic mass is 35.5. The number of para-hydroxylation sites is 1. The third kappa shape index (κ3) is 3.00. The minimum absolute atomic E-state index is 0.870. The molecule has 3 aromatic rings. The Morgan fingerprint density at radius 2 is 2.00 bits per heavy atom. The molecule has 0 aliphatic carbocycles. The standard InChI is InChI=1S/C17H19ClN2S/c1-12-14-5-3-4-6-15(14)20(2)16(12)11-19-10-9-13-7-8-17(18)21-13/h3-8,19H,9-11H2,1-2H3. The van der Waals surface area contributed by atoms with Gasteiger partial charge in [-0.1, -0.05) is 29.8 Å². The number of thiophene rings is 1. The van der Waals surface area contributed by atoms with Crippen LogP contribution in [-0.4, -0.2) is 11.1 Å². The minimum atomic E-state index is 0.870. The number of halogens is 1. The SMILES string of the molecule is Cc1c(CNCCc2ccc(Cl)s2)n(C)c2ccccc12. The summed E-state index contributed by atoms with van der Waals surface area (Å²) < 4.78 is 3.16. The van der Waals surface area contributed by atoms with Crippen LogP contribution >= 0.6 is 22.9 Å². The summed E-state index contributed by atoms with van der Waals surface area (Å²) in [6.45, 7) is 4.08. The summed E-state index contributed by atoms with van der Waals surface area (Å²) in [5.74, 6) is 0. The maximum absolute atomic E-state index is 5.95. The topological polar surface area (TPSA) is 17.0 Å². The predicted octanol–water partition coefficient (Wildman–Crippen LogP) is 4.53. The van der Waals surface area contributed by atoms with Gasteiger partial charge in [0.15, 0.2) is 0 Å². The average Bonchev–Trinajstić information content (AvgIpc) is 3.00. The number of benzene rings is 1. The van der Waals surface area contributed by atoms with Gasteiger partial charge < -0.3 is 9.88 Å². The number of hydrogen-bond acceptors (Lipinski definition) is 2. The van der Waals surface area contributed by atoms with Crippen molar-refractivity contribution in [3.05, 3.63) is 56.9 Å². The van der Waals surface area contributed by atoms with Gasteiger partial charge >= 0.3 is 0 Å². The number of nitrogens with zero attached hydrogens (tertiary/aromatic N) is 1. The van der Waals surface area contributed by atoms with E-state index in [9.17, 15) is 0 Å². The second-order valence-corrected chi connectivity index (χ2v) is 7.08. The molecule has 21 heavy (non-hydrogen) atoms. The molecule has 4 heteroatoms. The fraction of sp³-hybridized carbons (Fsp3) is 0.294. The molecule has 0 saturated carbocycles.